The summed E-state index contributed by atoms with van der Waals surface area (Å²) in [5, 5.41) is 4.72. The molecule has 5 N–H and O–H groups in total. The van der Waals surface area contributed by atoms with E-state index in [1.54, 1.807) is 37.5 Å². The first-order valence-corrected chi connectivity index (χ1v) is 24.3. The first kappa shape index (κ1) is 66.0. The molecule has 18 nitrogen and oxygen atoms in total. The van der Waals surface area contributed by atoms with Crippen molar-refractivity contribution in [3.8, 4) is 0 Å². The lowest BCUT2D eigenvalue weighted by molar-refractivity contribution is -0.145. The predicted octanol–water partition coefficient (Wildman–Crippen LogP) is 4.35. The van der Waals surface area contributed by atoms with Gasteiger partial charge in [-0.2, -0.15) is 0 Å². The molecule has 1 aromatic heterocycles. The summed E-state index contributed by atoms with van der Waals surface area (Å²) in [4.78, 5) is 70.6. The molecule has 3 amide bonds. The second-order valence-electron chi connectivity index (χ2n) is 18.2. The van der Waals surface area contributed by atoms with Crippen molar-refractivity contribution in [1.82, 2.24) is 20.0 Å². The third-order valence-corrected chi connectivity index (χ3v) is 11.9. The molecule has 1 fully saturated rings. The smallest absolute Gasteiger partial charge is 0.319 e. The summed E-state index contributed by atoms with van der Waals surface area (Å²) in [5.41, 5.74) is 5.29. The van der Waals surface area contributed by atoms with E-state index < -0.39 is 6.10 Å². The molecule has 1 aliphatic rings. The maximum Gasteiger partial charge on any atom is 0.319 e. The molecule has 1 aliphatic heterocycles. The van der Waals surface area contributed by atoms with Crippen LogP contribution in [0.5, 0.6) is 0 Å². The Balaban J connectivity index is 0. The Kier molecular flexibility index (Phi) is 38.1. The number of nitrogens with one attached hydrogen (secondary N) is 1. The number of carbonyl (C=O) groups is 5. The maximum absolute atomic E-state index is 13.4. The summed E-state index contributed by atoms with van der Waals surface area (Å²) in [5.74, 6) is 4.44. The number of primary amides is 1. The van der Waals surface area contributed by atoms with Gasteiger partial charge in [-0.15, -0.1) is 11.3 Å². The summed E-state index contributed by atoms with van der Waals surface area (Å²) in [6, 6.07) is 3.57. The molecule has 7 unspecified atom stereocenters. The highest BCUT2D eigenvalue weighted by Gasteiger charge is 2.40. The number of thiophene rings is 1. The van der Waals surface area contributed by atoms with Crippen LogP contribution in [0.4, 0.5) is 0 Å². The molecule has 2 rings (SSSR count). The number of methoxy groups -OCH3 is 3. The average molecular weight is 977 g/mol. The lowest BCUT2D eigenvalue weighted by Gasteiger charge is -2.40. The number of hydrogen-bond acceptors (Lipinski definition) is 16. The summed E-state index contributed by atoms with van der Waals surface area (Å²) >= 11 is 1.78. The van der Waals surface area contributed by atoms with Crippen molar-refractivity contribution in [2.45, 2.75) is 125 Å². The third kappa shape index (κ3) is 29.5. The molecule has 0 radical (unpaired) electrons. The molecular weight excluding hydrogens is 885 g/mol. The number of nitrogens with zero attached hydrogens (tertiary/aromatic N) is 3. The zero-order valence-corrected chi connectivity index (χ0v) is 44.7. The second kappa shape index (κ2) is 38.7. The molecule has 0 bridgehead atoms. The lowest BCUT2D eigenvalue weighted by Crippen LogP contribution is -2.52. The van der Waals surface area contributed by atoms with Gasteiger partial charge < -0.3 is 58.9 Å². The van der Waals surface area contributed by atoms with Crippen LogP contribution in [0, 0.1) is 30.1 Å². The fraction of sp³-hybridized carbons (Fsp3) is 0.812. The van der Waals surface area contributed by atoms with Crippen molar-refractivity contribution >= 4 is 41.3 Å². The number of likely N-dealkylation sites (tertiary alicyclic amines) is 1. The fourth-order valence-electron chi connectivity index (χ4n) is 7.49. The normalized spacial score (nSPS) is 16.2. The molecule has 392 valence electrons. The van der Waals surface area contributed by atoms with Crippen LogP contribution in [0.2, 0.25) is 0 Å². The van der Waals surface area contributed by atoms with Gasteiger partial charge in [-0.05, 0) is 62.6 Å². The predicted molar refractivity (Wildman–Crippen MR) is 264 cm³/mol. The molecule has 0 aromatic carbocycles. The molecule has 1 saturated heterocycles. The minimum Gasteiger partial charge on any atom is -0.468 e. The van der Waals surface area contributed by atoms with Crippen LogP contribution in [-0.4, -0.2) is 183 Å². The van der Waals surface area contributed by atoms with E-state index in [-0.39, 0.29) is 84.1 Å². The number of amides is 3. The summed E-state index contributed by atoms with van der Waals surface area (Å²) in [6.07, 6.45) is 3.38. The first-order valence-electron chi connectivity index (χ1n) is 23.4. The van der Waals surface area contributed by atoms with Crippen molar-refractivity contribution < 1.29 is 57.2 Å². The second-order valence-corrected chi connectivity index (χ2v) is 19.4. The van der Waals surface area contributed by atoms with Gasteiger partial charge in [-0.1, -0.05) is 67.9 Å². The van der Waals surface area contributed by atoms with Gasteiger partial charge in [-0.3, -0.25) is 24.1 Å². The summed E-state index contributed by atoms with van der Waals surface area (Å²) in [7, 11) is 9.96. The highest BCUT2D eigenvalue weighted by molar-refractivity contribution is 7.09. The van der Waals surface area contributed by atoms with Crippen molar-refractivity contribution in [1.29, 1.82) is 0 Å². The molecular formula is C48H92N6O12S. The first-order chi connectivity index (χ1) is 31.6. The monoisotopic (exact) mass is 977 g/mol. The molecule has 0 saturated carbocycles. The van der Waals surface area contributed by atoms with Crippen molar-refractivity contribution in [3.05, 3.63) is 22.4 Å². The number of aryl methyl sites for hydroxylation is 1. The zero-order valence-electron chi connectivity index (χ0n) is 43.8. The Morgan fingerprint density at radius 2 is 1.54 bits per heavy atom. The van der Waals surface area contributed by atoms with E-state index in [9.17, 15) is 24.0 Å². The molecule has 2 heterocycles. The lowest BCUT2D eigenvalue weighted by atomic mass is 9.88. The van der Waals surface area contributed by atoms with E-state index in [0.717, 1.165) is 25.5 Å². The number of esters is 1. The Hall–Kier alpha value is -3.11. The number of rotatable bonds is 29. The number of nitrogens with two attached hydrogens (primary N) is 2. The van der Waals surface area contributed by atoms with Crippen molar-refractivity contribution in [2.75, 3.05) is 108 Å². The Labute approximate surface area is 407 Å². The quantitative estimate of drug-likeness (QED) is 0.0440. The number of likely N-dealkylation sites (N-methyl/N-ethyl adjacent to an activating group) is 3. The molecule has 7 atom stereocenters. The molecule has 67 heavy (non-hydrogen) atoms. The molecule has 0 aliphatic carbocycles. The van der Waals surface area contributed by atoms with E-state index in [1.807, 2.05) is 65.4 Å². The Morgan fingerprint density at radius 1 is 0.955 bits per heavy atom. The highest BCUT2D eigenvalue weighted by atomic mass is 32.1. The van der Waals surface area contributed by atoms with Gasteiger partial charge >= 0.3 is 5.97 Å². The average Bonchev–Trinajstić information content (AvgIpc) is 3.97. The summed E-state index contributed by atoms with van der Waals surface area (Å²) < 4.78 is 31.7. The maximum atomic E-state index is 13.4. The van der Waals surface area contributed by atoms with Gasteiger partial charge in [0.1, 0.15) is 6.29 Å². The fourth-order valence-corrected chi connectivity index (χ4v) is 8.02. The number of carbonyl (C=O) groups excluding carboxylic acids is 5. The van der Waals surface area contributed by atoms with E-state index in [2.05, 4.69) is 53.2 Å². The Bertz CT molecular complexity index is 1440. The molecule has 1 aromatic rings. The van der Waals surface area contributed by atoms with Gasteiger partial charge in [-0.25, -0.2) is 5.90 Å². The van der Waals surface area contributed by atoms with Crippen LogP contribution < -0.4 is 16.9 Å². The molecule has 0 spiro atoms. The number of ether oxygens (including phenoxy) is 6. The minimum atomic E-state index is -0.405. The topological polar surface area (TPSA) is 224 Å². The number of hydrogen-bond donors (Lipinski definition) is 3. The van der Waals surface area contributed by atoms with E-state index >= 15 is 0 Å². The van der Waals surface area contributed by atoms with Crippen molar-refractivity contribution in [3.63, 3.8) is 0 Å². The SMILES string of the molecule is CC(C)C(C(N)=O)N(C)CCOCCOCCOCCON.CCC(C)C(C(CC(=O)N1CCCC1C(OC)C(C)C=O)OC)N(C)C(=O)CC(C)(C)C.CNCC(=O)OC.Cc1cccs1. The Morgan fingerprint density at radius 3 is 1.93 bits per heavy atom. The minimum absolute atomic E-state index is 0.00975. The molecule has 19 heteroatoms. The van der Waals surface area contributed by atoms with Crippen LogP contribution in [0.3, 0.4) is 0 Å². The van der Waals surface area contributed by atoms with Crippen LogP contribution in [0.25, 0.3) is 0 Å². The standard InChI is InChI=1S/C25H46N2O5.C14H31N3O5.C5H6S.C4H9NO2/c1-10-17(2)23(26(7)22(30)15-25(4,5)6)20(31-8)14-21(29)27-13-11-12-19(27)24(32-9)18(3)16-28;1-12(2)13(14(15)18)17(3)4-5-19-6-7-20-8-9-21-10-11-22-16;1-5-3-2-4-6-5;1-5-3-4(6)7-2/h16-20,23-24H,10-15H2,1-9H3;12-13H,4-11,16H2,1-3H3,(H2,15,18);2-4H,1H3;5H,3H2,1-2H3. The zero-order chi connectivity index (χ0) is 51.5. The van der Waals surface area contributed by atoms with Gasteiger partial charge in [0, 0.05) is 51.6 Å². The van der Waals surface area contributed by atoms with Crippen molar-refractivity contribution in [2.24, 2.45) is 34.8 Å². The van der Waals surface area contributed by atoms with Crippen LogP contribution in [0.15, 0.2) is 17.5 Å². The summed E-state index contributed by atoms with van der Waals surface area (Å²) in [6.45, 7) is 23.2. The van der Waals surface area contributed by atoms with E-state index in [4.69, 9.17) is 35.3 Å². The van der Waals surface area contributed by atoms with Gasteiger partial charge in [0.05, 0.1) is 96.7 Å². The van der Waals surface area contributed by atoms with Gasteiger partial charge in [0.15, 0.2) is 0 Å². The van der Waals surface area contributed by atoms with Crippen LogP contribution >= 0.6 is 11.3 Å². The number of aldehydes is 1. The highest BCUT2D eigenvalue weighted by Crippen LogP contribution is 2.29. The third-order valence-electron chi connectivity index (χ3n) is 11.1. The van der Waals surface area contributed by atoms with Crippen LogP contribution in [0.1, 0.15) is 92.4 Å². The van der Waals surface area contributed by atoms with E-state index in [0.29, 0.717) is 65.8 Å². The van der Waals surface area contributed by atoms with E-state index in [1.165, 1.54) is 12.0 Å². The van der Waals surface area contributed by atoms with Gasteiger partial charge in [0.2, 0.25) is 17.7 Å². The van der Waals surface area contributed by atoms with Crippen LogP contribution in [-0.2, 0) is 57.2 Å². The largest absolute Gasteiger partial charge is 0.468 e. The van der Waals surface area contributed by atoms with Gasteiger partial charge in [0.25, 0.3) is 0 Å².